The van der Waals surface area contributed by atoms with Gasteiger partial charge in [-0.3, -0.25) is 0 Å². The van der Waals surface area contributed by atoms with Gasteiger partial charge in [0.15, 0.2) is 5.58 Å². The van der Waals surface area contributed by atoms with Gasteiger partial charge in [-0.1, -0.05) is 146 Å². The summed E-state index contributed by atoms with van der Waals surface area (Å²) in [6.07, 6.45) is 0. The first-order valence-corrected chi connectivity index (χ1v) is 18.7. The van der Waals surface area contributed by atoms with Crippen LogP contribution in [0.1, 0.15) is 0 Å². The zero-order valence-corrected chi connectivity index (χ0v) is 29.8. The lowest BCUT2D eigenvalue weighted by Gasteiger charge is -2.26. The SMILES string of the molecule is c1cc(-c2cccc3oc4ccccc4c23)cc(N(c2ccc(-c3ccc(-c4ccc5ccccc5c4)cc3)cc2)c2cccc3c2oc2ccccc23)c1. The molecule has 0 unspecified atom stereocenters. The predicted molar refractivity (Wildman–Crippen MR) is 229 cm³/mol. The molecule has 0 fully saturated rings. The number of para-hydroxylation sites is 3. The minimum absolute atomic E-state index is 0.852. The van der Waals surface area contributed by atoms with E-state index in [9.17, 15) is 0 Å². The van der Waals surface area contributed by atoms with Crippen molar-refractivity contribution in [3.05, 3.63) is 200 Å². The molecule has 0 saturated carbocycles. The largest absolute Gasteiger partial charge is 0.456 e. The Labute approximate surface area is 317 Å². The zero-order chi connectivity index (χ0) is 36.3. The molecule has 0 spiro atoms. The number of rotatable bonds is 6. The average Bonchev–Trinajstić information content (AvgIpc) is 3.83. The van der Waals surface area contributed by atoms with Gasteiger partial charge >= 0.3 is 0 Å². The van der Waals surface area contributed by atoms with E-state index in [0.29, 0.717) is 0 Å². The second-order valence-corrected chi connectivity index (χ2v) is 14.1. The summed E-state index contributed by atoms with van der Waals surface area (Å²) in [5.41, 5.74) is 13.5. The summed E-state index contributed by atoms with van der Waals surface area (Å²) in [4.78, 5) is 2.31. The Morgan fingerprint density at radius 3 is 1.75 bits per heavy atom. The number of hydrogen-bond donors (Lipinski definition) is 0. The fourth-order valence-corrected chi connectivity index (χ4v) is 8.19. The summed E-state index contributed by atoms with van der Waals surface area (Å²) < 4.78 is 12.9. The van der Waals surface area contributed by atoms with Gasteiger partial charge < -0.3 is 13.7 Å². The van der Waals surface area contributed by atoms with Gasteiger partial charge in [-0.05, 0) is 98.8 Å². The number of anilines is 3. The van der Waals surface area contributed by atoms with Crippen molar-refractivity contribution in [1.82, 2.24) is 0 Å². The van der Waals surface area contributed by atoms with Gasteiger partial charge in [0.25, 0.3) is 0 Å². The van der Waals surface area contributed by atoms with E-state index in [1.54, 1.807) is 0 Å². The summed E-state index contributed by atoms with van der Waals surface area (Å²) >= 11 is 0. The Bertz CT molecular complexity index is 3200. The fraction of sp³-hybridized carbons (Fsp3) is 0. The van der Waals surface area contributed by atoms with E-state index in [1.165, 1.54) is 27.5 Å². The maximum Gasteiger partial charge on any atom is 0.159 e. The molecule has 258 valence electrons. The number of benzene rings is 9. The monoisotopic (exact) mass is 703 g/mol. The number of hydrogen-bond acceptors (Lipinski definition) is 3. The molecule has 0 aliphatic rings. The van der Waals surface area contributed by atoms with E-state index in [4.69, 9.17) is 8.83 Å². The van der Waals surface area contributed by atoms with E-state index < -0.39 is 0 Å². The van der Waals surface area contributed by atoms with Gasteiger partial charge in [-0.2, -0.15) is 0 Å². The van der Waals surface area contributed by atoms with Crippen molar-refractivity contribution in [2.45, 2.75) is 0 Å². The molecule has 0 aliphatic heterocycles. The normalized spacial score (nSPS) is 11.6. The highest BCUT2D eigenvalue weighted by Gasteiger charge is 2.21. The van der Waals surface area contributed by atoms with Crippen LogP contribution in [0.25, 0.3) is 88.0 Å². The van der Waals surface area contributed by atoms with Crippen LogP contribution in [0.4, 0.5) is 17.1 Å². The highest BCUT2D eigenvalue weighted by molar-refractivity contribution is 6.13. The quantitative estimate of drug-likeness (QED) is 0.173. The fourth-order valence-electron chi connectivity index (χ4n) is 8.19. The highest BCUT2D eigenvalue weighted by atomic mass is 16.3. The third-order valence-corrected chi connectivity index (χ3v) is 10.9. The van der Waals surface area contributed by atoms with Crippen LogP contribution in [0.3, 0.4) is 0 Å². The van der Waals surface area contributed by atoms with Crippen LogP contribution in [0, 0.1) is 0 Å². The standard InChI is InChI=1S/C52H33NO2/c1-2-11-38-32-39(27-26-34(38)10-1)37-24-22-35(23-25-37)36-28-30-41(31-29-36)53(47-18-8-17-45-44-14-3-5-19-48(44)55-52(45)47)42-13-7-12-40(33-42)43-16-9-21-50-51(43)46-15-4-6-20-49(46)54-50/h1-33H. The molecular formula is C52H33NO2. The number of furan rings is 2. The van der Waals surface area contributed by atoms with E-state index in [2.05, 4.69) is 181 Å². The Morgan fingerprint density at radius 1 is 0.327 bits per heavy atom. The van der Waals surface area contributed by atoms with Crippen molar-refractivity contribution >= 4 is 71.7 Å². The van der Waals surface area contributed by atoms with Gasteiger partial charge in [0.2, 0.25) is 0 Å². The molecule has 3 heteroatoms. The Kier molecular flexibility index (Phi) is 7.17. The molecule has 11 aromatic rings. The molecule has 0 atom stereocenters. The lowest BCUT2D eigenvalue weighted by Crippen LogP contribution is -2.10. The number of fused-ring (bicyclic) bond motifs is 7. The lowest BCUT2D eigenvalue weighted by atomic mass is 9.98. The Balaban J connectivity index is 1.02. The maximum atomic E-state index is 6.63. The number of nitrogens with zero attached hydrogens (tertiary/aromatic N) is 1. The summed E-state index contributed by atoms with van der Waals surface area (Å²) in [7, 11) is 0. The molecule has 0 radical (unpaired) electrons. The molecular weight excluding hydrogens is 671 g/mol. The van der Waals surface area contributed by atoms with Gasteiger partial charge in [-0.25, -0.2) is 0 Å². The van der Waals surface area contributed by atoms with E-state index >= 15 is 0 Å². The van der Waals surface area contributed by atoms with Crippen molar-refractivity contribution in [2.75, 3.05) is 4.90 Å². The minimum Gasteiger partial charge on any atom is -0.456 e. The average molecular weight is 704 g/mol. The molecule has 0 aliphatic carbocycles. The van der Waals surface area contributed by atoms with Crippen LogP contribution in [-0.4, -0.2) is 0 Å². The van der Waals surface area contributed by atoms with E-state index in [-0.39, 0.29) is 0 Å². The van der Waals surface area contributed by atoms with Crippen molar-refractivity contribution in [3.8, 4) is 33.4 Å². The molecule has 0 saturated heterocycles. The third-order valence-electron chi connectivity index (χ3n) is 10.9. The first-order chi connectivity index (χ1) is 27.2. The van der Waals surface area contributed by atoms with Crippen LogP contribution >= 0.6 is 0 Å². The van der Waals surface area contributed by atoms with Gasteiger partial charge in [0, 0.05) is 32.9 Å². The van der Waals surface area contributed by atoms with Crippen molar-refractivity contribution in [3.63, 3.8) is 0 Å². The van der Waals surface area contributed by atoms with E-state index in [1.807, 2.05) is 24.3 Å². The van der Waals surface area contributed by atoms with Gasteiger partial charge in [-0.15, -0.1) is 0 Å². The van der Waals surface area contributed by atoms with Gasteiger partial charge in [0.1, 0.15) is 16.7 Å². The Hall–Kier alpha value is -7.36. The molecule has 2 aromatic heterocycles. The second kappa shape index (κ2) is 12.6. The third kappa shape index (κ3) is 5.28. The molecule has 3 nitrogen and oxygen atoms in total. The Morgan fingerprint density at radius 2 is 0.927 bits per heavy atom. The minimum atomic E-state index is 0.852. The molecule has 2 heterocycles. The zero-order valence-electron chi connectivity index (χ0n) is 29.8. The summed E-state index contributed by atoms with van der Waals surface area (Å²) in [6.45, 7) is 0. The van der Waals surface area contributed by atoms with Crippen LogP contribution < -0.4 is 4.90 Å². The van der Waals surface area contributed by atoms with Crippen LogP contribution in [0.15, 0.2) is 209 Å². The smallest absolute Gasteiger partial charge is 0.159 e. The van der Waals surface area contributed by atoms with Crippen molar-refractivity contribution < 1.29 is 8.83 Å². The molecule has 0 amide bonds. The van der Waals surface area contributed by atoms with E-state index in [0.717, 1.165) is 77.6 Å². The summed E-state index contributed by atoms with van der Waals surface area (Å²) in [5, 5.41) is 6.94. The van der Waals surface area contributed by atoms with Crippen molar-refractivity contribution in [1.29, 1.82) is 0 Å². The highest BCUT2D eigenvalue weighted by Crippen LogP contribution is 2.44. The first-order valence-electron chi connectivity index (χ1n) is 18.7. The first kappa shape index (κ1) is 31.2. The molecule has 0 N–H and O–H groups in total. The second-order valence-electron chi connectivity index (χ2n) is 14.1. The maximum absolute atomic E-state index is 6.63. The van der Waals surface area contributed by atoms with Crippen LogP contribution in [-0.2, 0) is 0 Å². The molecule has 55 heavy (non-hydrogen) atoms. The summed E-state index contributed by atoms with van der Waals surface area (Å²) in [6, 6.07) is 71.0. The summed E-state index contributed by atoms with van der Waals surface area (Å²) in [5.74, 6) is 0. The van der Waals surface area contributed by atoms with Crippen LogP contribution in [0.2, 0.25) is 0 Å². The predicted octanol–water partition coefficient (Wildman–Crippen LogP) is 15.1. The molecule has 0 bridgehead atoms. The topological polar surface area (TPSA) is 29.5 Å². The van der Waals surface area contributed by atoms with Crippen molar-refractivity contribution in [2.24, 2.45) is 0 Å². The lowest BCUT2D eigenvalue weighted by molar-refractivity contribution is 0.668. The molecule has 11 rings (SSSR count). The van der Waals surface area contributed by atoms with Crippen LogP contribution in [0.5, 0.6) is 0 Å². The van der Waals surface area contributed by atoms with Gasteiger partial charge in [0.05, 0.1) is 5.69 Å². The molecule has 9 aromatic carbocycles.